The first-order chi connectivity index (χ1) is 6.93. The lowest BCUT2D eigenvalue weighted by atomic mass is 9.84. The first-order valence-corrected chi connectivity index (χ1v) is 5.44. The van der Waals surface area contributed by atoms with E-state index in [9.17, 15) is 9.59 Å². The van der Waals surface area contributed by atoms with Gasteiger partial charge >= 0.3 is 5.97 Å². The van der Waals surface area contributed by atoms with Crippen molar-refractivity contribution in [1.82, 2.24) is 0 Å². The fourth-order valence-electron chi connectivity index (χ4n) is 1.30. The molecular formula is C11H22ClNO3. The van der Waals surface area contributed by atoms with Crippen LogP contribution in [0.15, 0.2) is 0 Å². The molecule has 4 nitrogen and oxygen atoms in total. The number of esters is 1. The smallest absolute Gasteiger partial charge is 0.333 e. The summed E-state index contributed by atoms with van der Waals surface area (Å²) in [5.41, 5.74) is 4.36. The molecule has 0 spiro atoms. The highest BCUT2D eigenvalue weighted by Crippen LogP contribution is 2.18. The minimum atomic E-state index is -1.47. The van der Waals surface area contributed by atoms with Crippen molar-refractivity contribution in [3.63, 3.8) is 0 Å². The van der Waals surface area contributed by atoms with E-state index in [1.165, 1.54) is 0 Å². The minimum Gasteiger partial charge on any atom is -0.464 e. The summed E-state index contributed by atoms with van der Waals surface area (Å²) < 4.78 is 4.83. The van der Waals surface area contributed by atoms with Crippen molar-refractivity contribution in [1.29, 1.82) is 0 Å². The summed E-state index contributed by atoms with van der Waals surface area (Å²) in [5.74, 6) is -1.05. The van der Waals surface area contributed by atoms with Gasteiger partial charge in [-0.2, -0.15) is 0 Å². The molecule has 0 unspecified atom stereocenters. The third kappa shape index (κ3) is 3.76. The van der Waals surface area contributed by atoms with E-state index < -0.39 is 11.5 Å². The van der Waals surface area contributed by atoms with E-state index in [0.717, 1.165) is 0 Å². The molecule has 2 N–H and O–H groups in total. The van der Waals surface area contributed by atoms with Gasteiger partial charge in [0.1, 0.15) is 0 Å². The van der Waals surface area contributed by atoms with E-state index in [4.69, 9.17) is 10.5 Å². The zero-order valence-electron chi connectivity index (χ0n) is 10.4. The van der Waals surface area contributed by atoms with Crippen LogP contribution in [0.3, 0.4) is 0 Å². The first kappa shape index (κ1) is 17.8. The Labute approximate surface area is 103 Å². The van der Waals surface area contributed by atoms with E-state index in [1.54, 1.807) is 20.8 Å². The van der Waals surface area contributed by atoms with Crippen LogP contribution in [0, 0.1) is 5.92 Å². The van der Waals surface area contributed by atoms with Crippen LogP contribution in [-0.2, 0) is 14.3 Å². The van der Waals surface area contributed by atoms with Crippen LogP contribution < -0.4 is 5.73 Å². The van der Waals surface area contributed by atoms with Gasteiger partial charge in [0.05, 0.1) is 6.61 Å². The van der Waals surface area contributed by atoms with Gasteiger partial charge in [-0.1, -0.05) is 20.8 Å². The summed E-state index contributed by atoms with van der Waals surface area (Å²) in [7, 11) is 0. The lowest BCUT2D eigenvalue weighted by Gasteiger charge is -2.26. The van der Waals surface area contributed by atoms with Gasteiger partial charge in [0, 0.05) is 5.92 Å². The van der Waals surface area contributed by atoms with Crippen molar-refractivity contribution in [2.24, 2.45) is 11.7 Å². The number of carbonyl (C=O) groups is 2. The van der Waals surface area contributed by atoms with Gasteiger partial charge in [-0.3, -0.25) is 4.79 Å². The SMILES string of the molecule is CCOC(=O)[C@](N)(CC)C(=O)[C@@H](C)CC.Cl. The third-order valence-electron chi connectivity index (χ3n) is 2.70. The molecule has 96 valence electrons. The molecule has 0 rings (SSSR count). The second-order valence-electron chi connectivity index (χ2n) is 3.72. The van der Waals surface area contributed by atoms with E-state index in [1.807, 2.05) is 6.92 Å². The Morgan fingerprint density at radius 2 is 1.81 bits per heavy atom. The molecule has 0 aliphatic carbocycles. The van der Waals surface area contributed by atoms with Gasteiger partial charge < -0.3 is 10.5 Å². The first-order valence-electron chi connectivity index (χ1n) is 5.44. The highest BCUT2D eigenvalue weighted by Gasteiger charge is 2.43. The van der Waals surface area contributed by atoms with Gasteiger partial charge in [-0.25, -0.2) is 4.79 Å². The molecule has 2 atom stereocenters. The van der Waals surface area contributed by atoms with Crippen molar-refractivity contribution in [2.75, 3.05) is 6.61 Å². The van der Waals surface area contributed by atoms with Crippen molar-refractivity contribution >= 4 is 24.2 Å². The fraction of sp³-hybridized carbons (Fsp3) is 0.818. The number of hydrogen-bond acceptors (Lipinski definition) is 4. The van der Waals surface area contributed by atoms with E-state index in [-0.39, 0.29) is 37.1 Å². The maximum absolute atomic E-state index is 11.9. The maximum Gasteiger partial charge on any atom is 0.333 e. The predicted molar refractivity (Wildman–Crippen MR) is 65.6 cm³/mol. The molecule has 0 aromatic carbocycles. The molecule has 0 aromatic heterocycles. The highest BCUT2D eigenvalue weighted by atomic mass is 35.5. The zero-order chi connectivity index (χ0) is 12.1. The zero-order valence-corrected chi connectivity index (χ0v) is 11.2. The van der Waals surface area contributed by atoms with Gasteiger partial charge in [0.25, 0.3) is 0 Å². The molecule has 0 saturated heterocycles. The minimum absolute atomic E-state index is 0. The lowest BCUT2D eigenvalue weighted by molar-refractivity contribution is -0.154. The molecular weight excluding hydrogens is 230 g/mol. The molecule has 0 aromatic rings. The van der Waals surface area contributed by atoms with Crippen LogP contribution in [0.2, 0.25) is 0 Å². The Morgan fingerprint density at radius 3 is 2.12 bits per heavy atom. The molecule has 0 amide bonds. The second kappa shape index (κ2) is 7.63. The average Bonchev–Trinajstić information content (AvgIpc) is 2.26. The largest absolute Gasteiger partial charge is 0.464 e. The summed E-state index contributed by atoms with van der Waals surface area (Å²) in [6.07, 6.45) is 0.951. The summed E-state index contributed by atoms with van der Waals surface area (Å²) in [6.45, 7) is 7.33. The van der Waals surface area contributed by atoms with Gasteiger partial charge in [-0.15, -0.1) is 12.4 Å². The molecule has 0 heterocycles. The normalized spacial score (nSPS) is 15.6. The summed E-state index contributed by atoms with van der Waals surface area (Å²) in [5, 5.41) is 0. The Balaban J connectivity index is 0. The number of ether oxygens (including phenoxy) is 1. The van der Waals surface area contributed by atoms with Crippen LogP contribution >= 0.6 is 12.4 Å². The third-order valence-corrected chi connectivity index (χ3v) is 2.70. The van der Waals surface area contributed by atoms with Gasteiger partial charge in [-0.05, 0) is 19.8 Å². The van der Waals surface area contributed by atoms with Crippen LogP contribution in [0.4, 0.5) is 0 Å². The molecule has 0 saturated carbocycles. The Hall–Kier alpha value is -0.610. The number of hydrogen-bond donors (Lipinski definition) is 1. The molecule has 5 heteroatoms. The summed E-state index contributed by atoms with van der Waals surface area (Å²) in [6, 6.07) is 0. The second-order valence-corrected chi connectivity index (χ2v) is 3.72. The quantitative estimate of drug-likeness (QED) is 0.576. The number of ketones is 1. The number of halogens is 1. The predicted octanol–water partition coefficient (Wildman–Crippen LogP) is 1.69. The van der Waals surface area contributed by atoms with Crippen LogP contribution in [-0.4, -0.2) is 23.9 Å². The monoisotopic (exact) mass is 251 g/mol. The molecule has 0 aliphatic heterocycles. The topological polar surface area (TPSA) is 69.4 Å². The molecule has 0 radical (unpaired) electrons. The molecule has 0 aliphatic rings. The number of carbonyl (C=O) groups excluding carboxylic acids is 2. The van der Waals surface area contributed by atoms with Crippen LogP contribution in [0.25, 0.3) is 0 Å². The molecule has 16 heavy (non-hydrogen) atoms. The average molecular weight is 252 g/mol. The Bertz CT molecular complexity index is 245. The van der Waals surface area contributed by atoms with Crippen molar-refractivity contribution in [2.45, 2.75) is 46.1 Å². The van der Waals surface area contributed by atoms with Gasteiger partial charge in [0.15, 0.2) is 11.3 Å². The summed E-state index contributed by atoms with van der Waals surface area (Å²) >= 11 is 0. The molecule has 0 bridgehead atoms. The van der Waals surface area contributed by atoms with E-state index in [0.29, 0.717) is 6.42 Å². The summed E-state index contributed by atoms with van der Waals surface area (Å²) in [4.78, 5) is 23.5. The molecule has 0 fully saturated rings. The fourth-order valence-corrected chi connectivity index (χ4v) is 1.30. The maximum atomic E-state index is 11.9. The number of Topliss-reactive ketones (excluding diaryl/α,β-unsaturated/α-hetero) is 1. The van der Waals surface area contributed by atoms with Gasteiger partial charge in [0.2, 0.25) is 0 Å². The van der Waals surface area contributed by atoms with E-state index >= 15 is 0 Å². The number of nitrogens with two attached hydrogens (primary N) is 1. The van der Waals surface area contributed by atoms with Crippen molar-refractivity contribution < 1.29 is 14.3 Å². The van der Waals surface area contributed by atoms with E-state index in [2.05, 4.69) is 0 Å². The van der Waals surface area contributed by atoms with Crippen LogP contribution in [0.1, 0.15) is 40.5 Å². The standard InChI is InChI=1S/C11H21NO3.ClH/c1-5-8(4)9(13)11(12,6-2)10(14)15-7-3;/h8H,5-7,12H2,1-4H3;1H/t8-,11-;/m0./s1. The van der Waals surface area contributed by atoms with Crippen molar-refractivity contribution in [3.8, 4) is 0 Å². The Kier molecular flexibility index (Phi) is 8.47. The highest BCUT2D eigenvalue weighted by molar-refractivity contribution is 6.09. The van der Waals surface area contributed by atoms with Crippen molar-refractivity contribution in [3.05, 3.63) is 0 Å². The Morgan fingerprint density at radius 1 is 1.31 bits per heavy atom. The van der Waals surface area contributed by atoms with Crippen LogP contribution in [0.5, 0.6) is 0 Å². The lowest BCUT2D eigenvalue weighted by Crippen LogP contribution is -2.57. The number of rotatable bonds is 6.